The third-order valence-corrected chi connectivity index (χ3v) is 4.22. The number of rotatable bonds is 4. The van der Waals surface area contributed by atoms with Crippen LogP contribution < -0.4 is 10.1 Å². The number of methoxy groups -OCH3 is 1. The molecular formula is C18H20N2O4. The molecule has 0 aliphatic carbocycles. The highest BCUT2D eigenvalue weighted by Crippen LogP contribution is 2.22. The molecule has 1 aliphatic rings. The summed E-state index contributed by atoms with van der Waals surface area (Å²) in [7, 11) is 1.59. The maximum absolute atomic E-state index is 12.4. The van der Waals surface area contributed by atoms with E-state index >= 15 is 0 Å². The molecule has 2 amide bonds. The van der Waals surface area contributed by atoms with Gasteiger partial charge in [-0.1, -0.05) is 6.07 Å². The molecule has 2 aromatic rings. The Bertz CT molecular complexity index is 704. The second-order valence-electron chi connectivity index (χ2n) is 5.76. The summed E-state index contributed by atoms with van der Waals surface area (Å²) in [6.07, 6.45) is 2.77. The fraction of sp³-hybridized carbons (Fsp3) is 0.333. The quantitative estimate of drug-likeness (QED) is 0.937. The van der Waals surface area contributed by atoms with E-state index in [0.29, 0.717) is 43.1 Å². The van der Waals surface area contributed by atoms with Gasteiger partial charge in [0, 0.05) is 30.8 Å². The average molecular weight is 328 g/mol. The Morgan fingerprint density at radius 3 is 2.67 bits per heavy atom. The van der Waals surface area contributed by atoms with Gasteiger partial charge in [0.15, 0.2) is 5.76 Å². The molecule has 0 bridgehead atoms. The minimum Gasteiger partial charge on any atom is -0.497 e. The van der Waals surface area contributed by atoms with Crippen molar-refractivity contribution in [1.29, 1.82) is 0 Å². The highest BCUT2D eigenvalue weighted by Gasteiger charge is 2.28. The first-order valence-electron chi connectivity index (χ1n) is 7.95. The van der Waals surface area contributed by atoms with Crippen LogP contribution in [0.2, 0.25) is 0 Å². The van der Waals surface area contributed by atoms with Crippen molar-refractivity contribution in [3.8, 4) is 5.75 Å². The summed E-state index contributed by atoms with van der Waals surface area (Å²) in [4.78, 5) is 26.3. The topological polar surface area (TPSA) is 71.8 Å². The van der Waals surface area contributed by atoms with Gasteiger partial charge in [-0.3, -0.25) is 9.59 Å². The lowest BCUT2D eigenvalue weighted by atomic mass is 9.95. The maximum atomic E-state index is 12.4. The molecule has 1 aromatic carbocycles. The summed E-state index contributed by atoms with van der Waals surface area (Å²) in [6.45, 7) is 1.10. The first-order chi connectivity index (χ1) is 11.7. The first kappa shape index (κ1) is 16.1. The van der Waals surface area contributed by atoms with E-state index in [-0.39, 0.29) is 17.7 Å². The van der Waals surface area contributed by atoms with Gasteiger partial charge >= 0.3 is 0 Å². The Morgan fingerprint density at radius 1 is 1.21 bits per heavy atom. The van der Waals surface area contributed by atoms with Crippen LogP contribution in [0.25, 0.3) is 0 Å². The van der Waals surface area contributed by atoms with E-state index in [1.54, 1.807) is 30.2 Å². The maximum Gasteiger partial charge on any atom is 0.289 e. The van der Waals surface area contributed by atoms with E-state index < -0.39 is 0 Å². The lowest BCUT2D eigenvalue weighted by molar-refractivity contribution is -0.121. The highest BCUT2D eigenvalue weighted by atomic mass is 16.5. The van der Waals surface area contributed by atoms with Gasteiger partial charge in [0.05, 0.1) is 13.4 Å². The Hall–Kier alpha value is -2.76. The molecular weight excluding hydrogens is 308 g/mol. The Morgan fingerprint density at radius 2 is 2.00 bits per heavy atom. The number of anilines is 1. The zero-order valence-electron chi connectivity index (χ0n) is 13.5. The molecule has 0 spiro atoms. The van der Waals surface area contributed by atoms with Crippen molar-refractivity contribution in [2.75, 3.05) is 25.5 Å². The molecule has 1 saturated heterocycles. The number of ether oxygens (including phenoxy) is 1. The number of carbonyl (C=O) groups excluding carboxylic acids is 2. The summed E-state index contributed by atoms with van der Waals surface area (Å²) in [5.74, 6) is 0.804. The van der Waals surface area contributed by atoms with Crippen LogP contribution in [-0.4, -0.2) is 36.9 Å². The van der Waals surface area contributed by atoms with Crippen molar-refractivity contribution in [2.45, 2.75) is 12.8 Å². The number of hydrogen-bond donors (Lipinski definition) is 1. The molecule has 0 unspecified atom stereocenters. The second kappa shape index (κ2) is 7.21. The summed E-state index contributed by atoms with van der Waals surface area (Å²) in [5, 5.41) is 2.92. The zero-order valence-corrected chi connectivity index (χ0v) is 13.5. The average Bonchev–Trinajstić information content (AvgIpc) is 3.16. The number of carbonyl (C=O) groups is 2. The smallest absolute Gasteiger partial charge is 0.289 e. The molecule has 0 atom stereocenters. The van der Waals surface area contributed by atoms with E-state index in [1.165, 1.54) is 6.26 Å². The van der Waals surface area contributed by atoms with Crippen LogP contribution in [0.4, 0.5) is 5.69 Å². The van der Waals surface area contributed by atoms with Crippen molar-refractivity contribution in [1.82, 2.24) is 4.90 Å². The van der Waals surface area contributed by atoms with E-state index in [2.05, 4.69) is 5.32 Å². The Kier molecular flexibility index (Phi) is 4.84. The monoisotopic (exact) mass is 328 g/mol. The molecule has 2 heterocycles. The number of hydrogen-bond acceptors (Lipinski definition) is 4. The van der Waals surface area contributed by atoms with Crippen LogP contribution >= 0.6 is 0 Å². The molecule has 24 heavy (non-hydrogen) atoms. The van der Waals surface area contributed by atoms with E-state index in [4.69, 9.17) is 9.15 Å². The van der Waals surface area contributed by atoms with Crippen LogP contribution in [0.1, 0.15) is 23.4 Å². The van der Waals surface area contributed by atoms with Gasteiger partial charge in [0.2, 0.25) is 5.91 Å². The number of furan rings is 1. The molecule has 0 saturated carbocycles. The normalized spacial score (nSPS) is 15.1. The van der Waals surface area contributed by atoms with Crippen molar-refractivity contribution >= 4 is 17.5 Å². The minimum absolute atomic E-state index is 0.0200. The standard InChI is InChI=1S/C18H20N2O4/c1-23-15-5-2-4-14(12-15)19-17(21)13-7-9-20(10-8-13)18(22)16-6-3-11-24-16/h2-6,11-13H,7-10H2,1H3,(H,19,21). The number of amides is 2. The van der Waals surface area contributed by atoms with Gasteiger partial charge in [-0.2, -0.15) is 0 Å². The minimum atomic E-state index is -0.119. The van der Waals surface area contributed by atoms with Gasteiger partial charge in [0.1, 0.15) is 5.75 Å². The molecule has 1 aromatic heterocycles. The number of nitrogens with one attached hydrogen (secondary N) is 1. The molecule has 1 aliphatic heterocycles. The van der Waals surface area contributed by atoms with Crippen molar-refractivity contribution in [3.05, 3.63) is 48.4 Å². The Labute approximate surface area is 140 Å². The summed E-state index contributed by atoms with van der Waals surface area (Å²) < 4.78 is 10.3. The predicted octanol–water partition coefficient (Wildman–Crippen LogP) is 2.78. The van der Waals surface area contributed by atoms with Gasteiger partial charge in [0.25, 0.3) is 5.91 Å². The van der Waals surface area contributed by atoms with Crippen molar-refractivity contribution in [2.24, 2.45) is 5.92 Å². The van der Waals surface area contributed by atoms with Crippen LogP contribution in [0, 0.1) is 5.92 Å². The summed E-state index contributed by atoms with van der Waals surface area (Å²) >= 11 is 0. The van der Waals surface area contributed by atoms with Crippen LogP contribution in [0.3, 0.4) is 0 Å². The number of benzene rings is 1. The van der Waals surface area contributed by atoms with Gasteiger partial charge in [-0.05, 0) is 37.1 Å². The van der Waals surface area contributed by atoms with Gasteiger partial charge in [-0.15, -0.1) is 0 Å². The van der Waals surface area contributed by atoms with Crippen LogP contribution in [0.5, 0.6) is 5.75 Å². The molecule has 126 valence electrons. The van der Waals surface area contributed by atoms with Crippen LogP contribution in [0.15, 0.2) is 47.1 Å². The third kappa shape index (κ3) is 3.59. The van der Waals surface area contributed by atoms with E-state index in [1.807, 2.05) is 18.2 Å². The highest BCUT2D eigenvalue weighted by molar-refractivity contribution is 5.94. The van der Waals surface area contributed by atoms with Gasteiger partial charge < -0.3 is 19.4 Å². The SMILES string of the molecule is COc1cccc(NC(=O)C2CCN(C(=O)c3ccco3)CC2)c1. The Balaban J connectivity index is 1.54. The second-order valence-corrected chi connectivity index (χ2v) is 5.76. The zero-order chi connectivity index (χ0) is 16.9. The van der Waals surface area contributed by atoms with Gasteiger partial charge in [-0.25, -0.2) is 0 Å². The van der Waals surface area contributed by atoms with Crippen molar-refractivity contribution < 1.29 is 18.7 Å². The van der Waals surface area contributed by atoms with E-state index in [9.17, 15) is 9.59 Å². The molecule has 6 nitrogen and oxygen atoms in total. The fourth-order valence-electron chi connectivity index (χ4n) is 2.85. The third-order valence-electron chi connectivity index (χ3n) is 4.22. The molecule has 6 heteroatoms. The first-order valence-corrected chi connectivity index (χ1v) is 7.95. The fourth-order valence-corrected chi connectivity index (χ4v) is 2.85. The molecule has 0 radical (unpaired) electrons. The summed E-state index contributed by atoms with van der Waals surface area (Å²) in [5.41, 5.74) is 0.716. The lowest BCUT2D eigenvalue weighted by Crippen LogP contribution is -2.41. The van der Waals surface area contributed by atoms with Crippen LogP contribution in [-0.2, 0) is 4.79 Å². The predicted molar refractivity (Wildman–Crippen MR) is 89.0 cm³/mol. The molecule has 1 N–H and O–H groups in total. The number of likely N-dealkylation sites (tertiary alicyclic amines) is 1. The molecule has 3 rings (SSSR count). The van der Waals surface area contributed by atoms with E-state index in [0.717, 1.165) is 0 Å². The largest absolute Gasteiger partial charge is 0.497 e. The lowest BCUT2D eigenvalue weighted by Gasteiger charge is -2.30. The molecule has 1 fully saturated rings. The number of nitrogens with zero attached hydrogens (tertiary/aromatic N) is 1. The number of piperidine rings is 1. The summed E-state index contributed by atoms with van der Waals surface area (Å²) in [6, 6.07) is 10.6. The van der Waals surface area contributed by atoms with Crippen molar-refractivity contribution in [3.63, 3.8) is 0 Å².